The van der Waals surface area contributed by atoms with Crippen molar-refractivity contribution in [2.24, 2.45) is 0 Å². The minimum atomic E-state index is -0.483. The molecule has 2 heterocycles. The van der Waals surface area contributed by atoms with E-state index in [1.807, 2.05) is 81.4 Å². The molecular weight excluding hydrogens is 426 g/mol. The van der Waals surface area contributed by atoms with Crippen molar-refractivity contribution in [1.82, 2.24) is 4.90 Å². The largest absolute Gasteiger partial charge is 0.497 e. The molecule has 0 spiro atoms. The summed E-state index contributed by atoms with van der Waals surface area (Å²) in [4.78, 5) is 29.1. The van der Waals surface area contributed by atoms with Crippen LogP contribution in [0.5, 0.6) is 5.75 Å². The van der Waals surface area contributed by atoms with Crippen LogP contribution in [0.2, 0.25) is 0 Å². The Balaban J connectivity index is 1.61. The molecule has 0 bridgehead atoms. The molecule has 34 heavy (non-hydrogen) atoms. The van der Waals surface area contributed by atoms with Crippen LogP contribution >= 0.6 is 0 Å². The van der Waals surface area contributed by atoms with Gasteiger partial charge >= 0.3 is 0 Å². The third-order valence-electron chi connectivity index (χ3n) is 6.78. The van der Waals surface area contributed by atoms with Gasteiger partial charge in [-0.05, 0) is 73.7 Å². The minimum absolute atomic E-state index is 0.134. The molecule has 4 aromatic rings. The lowest BCUT2D eigenvalue weighted by Gasteiger charge is -2.25. The van der Waals surface area contributed by atoms with Crippen LogP contribution in [0.1, 0.15) is 50.0 Å². The molecular formula is C29H27NO4. The van der Waals surface area contributed by atoms with Gasteiger partial charge in [-0.15, -0.1) is 0 Å². The number of rotatable bonds is 5. The zero-order valence-electron chi connectivity index (χ0n) is 19.8. The van der Waals surface area contributed by atoms with Crippen molar-refractivity contribution in [1.29, 1.82) is 0 Å². The van der Waals surface area contributed by atoms with Crippen LogP contribution in [0, 0.1) is 20.8 Å². The first-order chi connectivity index (χ1) is 16.4. The SMILES string of the molecule is COc1ccc(CCN2C(=O)c3oc4cc(C)c(C)cc4c(=O)c3[C@H]2c2ccc(C)cc2)cc1. The normalized spacial score (nSPS) is 15.1. The molecule has 1 amide bonds. The van der Waals surface area contributed by atoms with Gasteiger partial charge in [0.15, 0.2) is 5.43 Å². The Hall–Kier alpha value is -3.86. The zero-order chi connectivity index (χ0) is 24.0. The summed E-state index contributed by atoms with van der Waals surface area (Å²) in [5.74, 6) is 0.699. The number of carbonyl (C=O) groups is 1. The number of aryl methyl sites for hydroxylation is 3. The first kappa shape index (κ1) is 22.0. The van der Waals surface area contributed by atoms with Gasteiger partial charge in [-0.3, -0.25) is 9.59 Å². The smallest absolute Gasteiger partial charge is 0.290 e. The van der Waals surface area contributed by atoms with E-state index < -0.39 is 6.04 Å². The van der Waals surface area contributed by atoms with Crippen LogP contribution in [-0.2, 0) is 6.42 Å². The van der Waals surface area contributed by atoms with Gasteiger partial charge in [0, 0.05) is 6.54 Å². The second kappa shape index (κ2) is 8.49. The molecule has 1 aliphatic rings. The van der Waals surface area contributed by atoms with Crippen molar-refractivity contribution in [3.63, 3.8) is 0 Å². The van der Waals surface area contributed by atoms with Crippen LogP contribution < -0.4 is 10.2 Å². The van der Waals surface area contributed by atoms with Crippen LogP contribution in [0.15, 0.2) is 69.9 Å². The lowest BCUT2D eigenvalue weighted by atomic mass is 9.96. The molecule has 5 rings (SSSR count). The molecule has 172 valence electrons. The predicted molar refractivity (Wildman–Crippen MR) is 133 cm³/mol. The molecule has 5 nitrogen and oxygen atoms in total. The Bertz CT molecular complexity index is 1450. The predicted octanol–water partition coefficient (Wildman–Crippen LogP) is 5.51. The van der Waals surface area contributed by atoms with E-state index in [0.29, 0.717) is 29.5 Å². The Morgan fingerprint density at radius 3 is 2.26 bits per heavy atom. The molecule has 0 radical (unpaired) electrons. The zero-order valence-corrected chi connectivity index (χ0v) is 19.8. The summed E-state index contributed by atoms with van der Waals surface area (Å²) in [5.41, 5.74) is 5.91. The quantitative estimate of drug-likeness (QED) is 0.400. The second-order valence-corrected chi connectivity index (χ2v) is 9.02. The van der Waals surface area contributed by atoms with Crippen LogP contribution in [0.4, 0.5) is 0 Å². The van der Waals surface area contributed by atoms with E-state index in [2.05, 4.69) is 0 Å². The van der Waals surface area contributed by atoms with Gasteiger partial charge in [0.25, 0.3) is 5.91 Å². The van der Waals surface area contributed by atoms with Crippen molar-refractivity contribution in [3.8, 4) is 5.75 Å². The summed E-state index contributed by atoms with van der Waals surface area (Å²) in [6.45, 7) is 6.43. The fraction of sp³-hybridized carbons (Fsp3) is 0.241. The number of benzene rings is 3. The number of amides is 1. The number of ether oxygens (including phenoxy) is 1. The Morgan fingerprint density at radius 1 is 0.912 bits per heavy atom. The first-order valence-corrected chi connectivity index (χ1v) is 11.5. The highest BCUT2D eigenvalue weighted by molar-refractivity contribution is 5.99. The molecule has 3 aromatic carbocycles. The molecule has 0 saturated carbocycles. The Morgan fingerprint density at radius 2 is 1.59 bits per heavy atom. The highest BCUT2D eigenvalue weighted by Crippen LogP contribution is 2.38. The van der Waals surface area contributed by atoms with E-state index in [4.69, 9.17) is 9.15 Å². The van der Waals surface area contributed by atoms with E-state index in [9.17, 15) is 9.59 Å². The summed E-state index contributed by atoms with van der Waals surface area (Å²) >= 11 is 0. The van der Waals surface area contributed by atoms with Crippen molar-refractivity contribution in [2.75, 3.05) is 13.7 Å². The molecule has 1 aliphatic heterocycles. The van der Waals surface area contributed by atoms with Crippen LogP contribution in [-0.4, -0.2) is 24.5 Å². The number of carbonyl (C=O) groups excluding carboxylic acids is 1. The number of hydrogen-bond acceptors (Lipinski definition) is 4. The second-order valence-electron chi connectivity index (χ2n) is 9.02. The number of hydrogen-bond donors (Lipinski definition) is 0. The minimum Gasteiger partial charge on any atom is -0.497 e. The van der Waals surface area contributed by atoms with Gasteiger partial charge in [0.1, 0.15) is 11.3 Å². The summed E-state index contributed by atoms with van der Waals surface area (Å²) in [6, 6.07) is 19.1. The van der Waals surface area contributed by atoms with Gasteiger partial charge in [0.2, 0.25) is 5.76 Å². The molecule has 1 atom stereocenters. The number of nitrogens with zero attached hydrogens (tertiary/aromatic N) is 1. The molecule has 0 aliphatic carbocycles. The highest BCUT2D eigenvalue weighted by atomic mass is 16.5. The molecule has 0 unspecified atom stereocenters. The molecule has 1 aromatic heterocycles. The van der Waals surface area contributed by atoms with E-state index in [1.54, 1.807) is 12.0 Å². The van der Waals surface area contributed by atoms with Gasteiger partial charge in [-0.2, -0.15) is 0 Å². The van der Waals surface area contributed by atoms with Gasteiger partial charge < -0.3 is 14.1 Å². The third kappa shape index (κ3) is 3.67. The average Bonchev–Trinajstić information content (AvgIpc) is 3.11. The van der Waals surface area contributed by atoms with Crippen molar-refractivity contribution >= 4 is 16.9 Å². The van der Waals surface area contributed by atoms with E-state index in [0.717, 1.165) is 33.6 Å². The van der Waals surface area contributed by atoms with Crippen LogP contribution in [0.3, 0.4) is 0 Å². The van der Waals surface area contributed by atoms with Crippen molar-refractivity contribution in [3.05, 3.63) is 110 Å². The third-order valence-corrected chi connectivity index (χ3v) is 6.78. The van der Waals surface area contributed by atoms with Gasteiger partial charge in [-0.1, -0.05) is 42.0 Å². The topological polar surface area (TPSA) is 59.8 Å². The Kier molecular flexibility index (Phi) is 5.48. The lowest BCUT2D eigenvalue weighted by molar-refractivity contribution is 0.0730. The highest BCUT2D eigenvalue weighted by Gasteiger charge is 2.42. The van der Waals surface area contributed by atoms with E-state index >= 15 is 0 Å². The van der Waals surface area contributed by atoms with E-state index in [-0.39, 0.29) is 17.1 Å². The van der Waals surface area contributed by atoms with Crippen LogP contribution in [0.25, 0.3) is 11.0 Å². The van der Waals surface area contributed by atoms with Crippen molar-refractivity contribution in [2.45, 2.75) is 33.2 Å². The van der Waals surface area contributed by atoms with Crippen molar-refractivity contribution < 1.29 is 13.9 Å². The molecule has 0 N–H and O–H groups in total. The molecule has 5 heteroatoms. The maximum absolute atomic E-state index is 13.7. The summed E-state index contributed by atoms with van der Waals surface area (Å²) < 4.78 is 11.4. The summed E-state index contributed by atoms with van der Waals surface area (Å²) in [5, 5.41) is 0.517. The maximum atomic E-state index is 13.7. The number of methoxy groups -OCH3 is 1. The monoisotopic (exact) mass is 453 g/mol. The number of fused-ring (bicyclic) bond motifs is 2. The molecule has 0 fully saturated rings. The summed E-state index contributed by atoms with van der Waals surface area (Å²) in [7, 11) is 1.64. The maximum Gasteiger partial charge on any atom is 0.290 e. The summed E-state index contributed by atoms with van der Waals surface area (Å²) in [6.07, 6.45) is 0.651. The molecule has 0 saturated heterocycles. The lowest BCUT2D eigenvalue weighted by Crippen LogP contribution is -2.31. The van der Waals surface area contributed by atoms with E-state index in [1.165, 1.54) is 0 Å². The first-order valence-electron chi connectivity index (χ1n) is 11.5. The fourth-order valence-corrected chi connectivity index (χ4v) is 4.64. The van der Waals surface area contributed by atoms with Gasteiger partial charge in [0.05, 0.1) is 24.1 Å². The Labute approximate surface area is 198 Å². The van der Waals surface area contributed by atoms with Gasteiger partial charge in [-0.25, -0.2) is 0 Å². The fourth-order valence-electron chi connectivity index (χ4n) is 4.64. The standard InChI is InChI=1S/C29H27NO4/c1-17-5-9-21(10-6-17)26-25-27(31)23-15-18(2)19(3)16-24(23)34-28(25)29(32)30(26)14-13-20-7-11-22(33-4)12-8-20/h5-12,15-16,26H,13-14H2,1-4H3/t26-/m1/s1. The average molecular weight is 454 g/mol.